The average Bonchev–Trinajstić information content (AvgIpc) is 1.65. The van der Waals surface area contributed by atoms with Gasteiger partial charge in [0, 0.05) is 0 Å². The number of aliphatic carboxylic acids is 1. The Hall–Kier alpha value is -0.280. The van der Waals surface area contributed by atoms with E-state index in [0.29, 0.717) is 0 Å². The summed E-state index contributed by atoms with van der Waals surface area (Å²) < 4.78 is 0. The smallest absolute Gasteiger partial charge is 0.310 e. The van der Waals surface area contributed by atoms with Crippen LogP contribution in [-0.2, 0) is 9.59 Å². The lowest BCUT2D eigenvalue weighted by atomic mass is 10.3. The van der Waals surface area contributed by atoms with Crippen molar-refractivity contribution in [3.8, 4) is 0 Å². The molecule has 3 nitrogen and oxygen atoms in total. The van der Waals surface area contributed by atoms with Crippen LogP contribution in [0, 0.1) is 0 Å². The Morgan fingerprint density at radius 3 is 2.00 bits per heavy atom. The highest BCUT2D eigenvalue weighted by molar-refractivity contribution is 6.28. The molecule has 5 heteroatoms. The maximum absolute atomic E-state index is 10.1. The molecule has 0 aliphatic carbocycles. The molecular weight excluding hydrogens is 167 g/mol. The largest absolute Gasteiger partial charge is 0.481 e. The molecule has 0 heterocycles. The summed E-state index contributed by atoms with van der Waals surface area (Å²) >= 11 is 4.98. The summed E-state index contributed by atoms with van der Waals surface area (Å²) in [7, 11) is 0. The molecular formula is C4H6Cl2O3. The van der Waals surface area contributed by atoms with Gasteiger partial charge >= 0.3 is 5.97 Å². The van der Waals surface area contributed by atoms with E-state index in [-0.39, 0.29) is 18.3 Å². The summed E-state index contributed by atoms with van der Waals surface area (Å²) in [5, 5.41) is 7.94. The highest BCUT2D eigenvalue weighted by Gasteiger charge is 2.03. The summed E-state index contributed by atoms with van der Waals surface area (Å²) in [6.45, 7) is 0. The number of hydrogen-bond acceptors (Lipinski definition) is 2. The van der Waals surface area contributed by atoms with E-state index in [1.165, 1.54) is 0 Å². The molecule has 0 aromatic rings. The molecule has 1 N–H and O–H groups in total. The lowest BCUT2D eigenvalue weighted by molar-refractivity contribution is -0.139. The van der Waals surface area contributed by atoms with E-state index in [1.54, 1.807) is 0 Å². The minimum Gasteiger partial charge on any atom is -0.481 e. The van der Waals surface area contributed by atoms with Crippen LogP contribution in [-0.4, -0.2) is 22.7 Å². The molecule has 0 spiro atoms. The lowest BCUT2D eigenvalue weighted by Gasteiger charge is -1.85. The van der Waals surface area contributed by atoms with Crippen LogP contribution in [0.25, 0.3) is 0 Å². The van der Waals surface area contributed by atoms with Crippen LogP contribution in [0.3, 0.4) is 0 Å². The molecule has 0 fully saturated rings. The first-order valence-corrected chi connectivity index (χ1v) is 2.49. The van der Waals surface area contributed by atoms with Crippen LogP contribution in [0.5, 0.6) is 0 Å². The van der Waals surface area contributed by atoms with E-state index in [4.69, 9.17) is 16.7 Å². The first-order chi connectivity index (χ1) is 3.66. The van der Waals surface area contributed by atoms with Gasteiger partial charge in [0.2, 0.25) is 0 Å². The molecule has 0 atom stereocenters. The van der Waals surface area contributed by atoms with E-state index >= 15 is 0 Å². The van der Waals surface area contributed by atoms with E-state index in [1.807, 2.05) is 0 Å². The van der Waals surface area contributed by atoms with Crippen molar-refractivity contribution in [1.29, 1.82) is 0 Å². The second kappa shape index (κ2) is 5.85. The van der Waals surface area contributed by atoms with Crippen LogP contribution >= 0.6 is 24.0 Å². The van der Waals surface area contributed by atoms with Gasteiger partial charge in [-0.25, -0.2) is 0 Å². The maximum atomic E-state index is 10.1. The fourth-order valence-electron chi connectivity index (χ4n) is 0.216. The van der Waals surface area contributed by atoms with Crippen LogP contribution < -0.4 is 0 Å². The zero-order valence-electron chi connectivity index (χ0n) is 4.46. The van der Waals surface area contributed by atoms with Gasteiger partial charge in [-0.05, 0) is 0 Å². The molecule has 0 bridgehead atoms. The molecule has 0 aliphatic heterocycles. The lowest BCUT2D eigenvalue weighted by Crippen LogP contribution is -2.06. The van der Waals surface area contributed by atoms with Crippen LogP contribution in [0.1, 0.15) is 6.42 Å². The molecule has 9 heavy (non-hydrogen) atoms. The quantitative estimate of drug-likeness (QED) is 0.504. The van der Waals surface area contributed by atoms with Gasteiger partial charge in [0.15, 0.2) is 5.78 Å². The van der Waals surface area contributed by atoms with Gasteiger partial charge in [-0.3, -0.25) is 9.59 Å². The topological polar surface area (TPSA) is 54.4 Å². The van der Waals surface area contributed by atoms with Crippen molar-refractivity contribution in [2.75, 3.05) is 5.88 Å². The Kier molecular flexibility index (Phi) is 7.48. The van der Waals surface area contributed by atoms with E-state index in [2.05, 4.69) is 0 Å². The average molecular weight is 173 g/mol. The third-order valence-corrected chi connectivity index (χ3v) is 0.796. The van der Waals surface area contributed by atoms with Crippen molar-refractivity contribution in [2.24, 2.45) is 0 Å². The number of carboxylic acid groups (broad SMARTS) is 1. The molecule has 0 aliphatic rings. The molecule has 0 aromatic carbocycles. The summed E-state index contributed by atoms with van der Waals surface area (Å²) in [4.78, 5) is 19.8. The molecule has 0 radical (unpaired) electrons. The van der Waals surface area contributed by atoms with Gasteiger partial charge in [-0.1, -0.05) is 0 Å². The van der Waals surface area contributed by atoms with E-state index < -0.39 is 18.2 Å². The normalized spacial score (nSPS) is 7.67. The van der Waals surface area contributed by atoms with Crippen molar-refractivity contribution in [3.05, 3.63) is 0 Å². The highest BCUT2D eigenvalue weighted by atomic mass is 35.5. The number of carbonyl (C=O) groups is 2. The van der Waals surface area contributed by atoms with Crippen LogP contribution in [0.4, 0.5) is 0 Å². The Morgan fingerprint density at radius 1 is 1.44 bits per heavy atom. The van der Waals surface area contributed by atoms with Crippen molar-refractivity contribution in [1.82, 2.24) is 0 Å². The predicted molar refractivity (Wildman–Crippen MR) is 35.2 cm³/mol. The fraction of sp³-hybridized carbons (Fsp3) is 0.500. The fourth-order valence-corrected chi connectivity index (χ4v) is 0.310. The Labute approximate surface area is 63.4 Å². The highest BCUT2D eigenvalue weighted by Crippen LogP contribution is 1.84. The number of ketones is 1. The second-order valence-electron chi connectivity index (χ2n) is 1.24. The maximum Gasteiger partial charge on any atom is 0.310 e. The number of hydrogen-bond donors (Lipinski definition) is 1. The van der Waals surface area contributed by atoms with Gasteiger partial charge in [0.1, 0.15) is 6.42 Å². The Bertz CT molecular complexity index is 112. The number of alkyl halides is 1. The first kappa shape index (κ1) is 11.5. The third kappa shape index (κ3) is 7.72. The number of carboxylic acids is 1. The van der Waals surface area contributed by atoms with Crippen LogP contribution in [0.2, 0.25) is 0 Å². The minimum atomic E-state index is -1.13. The number of halogens is 2. The summed E-state index contributed by atoms with van der Waals surface area (Å²) in [5.74, 6) is -1.80. The van der Waals surface area contributed by atoms with Gasteiger partial charge < -0.3 is 5.11 Å². The van der Waals surface area contributed by atoms with E-state index in [9.17, 15) is 9.59 Å². The summed E-state index contributed by atoms with van der Waals surface area (Å²) in [6, 6.07) is 0. The molecule has 54 valence electrons. The first-order valence-electron chi connectivity index (χ1n) is 1.96. The van der Waals surface area contributed by atoms with Gasteiger partial charge in [0.05, 0.1) is 5.88 Å². The van der Waals surface area contributed by atoms with Gasteiger partial charge in [-0.15, -0.1) is 24.0 Å². The SMILES string of the molecule is Cl.O=C(O)CC(=O)CCl. The summed E-state index contributed by atoms with van der Waals surface area (Å²) in [5.41, 5.74) is 0. The van der Waals surface area contributed by atoms with Crippen LogP contribution in [0.15, 0.2) is 0 Å². The molecule has 0 rings (SSSR count). The number of rotatable bonds is 3. The predicted octanol–water partition coefficient (Wildman–Crippen LogP) is 0.691. The Morgan fingerprint density at radius 2 is 1.89 bits per heavy atom. The van der Waals surface area contributed by atoms with E-state index in [0.717, 1.165) is 0 Å². The summed E-state index contributed by atoms with van der Waals surface area (Å²) in [6.07, 6.45) is -0.469. The zero-order chi connectivity index (χ0) is 6.57. The van der Waals surface area contributed by atoms with Crippen molar-refractivity contribution in [3.63, 3.8) is 0 Å². The molecule has 0 unspecified atom stereocenters. The second-order valence-corrected chi connectivity index (χ2v) is 1.51. The minimum absolute atomic E-state index is 0. The molecule has 0 saturated carbocycles. The third-order valence-electron chi connectivity index (χ3n) is 0.497. The molecule has 0 amide bonds. The monoisotopic (exact) mass is 172 g/mol. The zero-order valence-corrected chi connectivity index (χ0v) is 6.04. The Balaban J connectivity index is 0. The molecule has 0 saturated heterocycles. The molecule has 0 aromatic heterocycles. The number of Topliss-reactive ketones (excluding diaryl/α,β-unsaturated/α-hetero) is 1. The van der Waals surface area contributed by atoms with Crippen molar-refractivity contribution in [2.45, 2.75) is 6.42 Å². The standard InChI is InChI=1S/C4H5ClO3.ClH/c5-2-3(6)1-4(7)8;/h1-2H2,(H,7,8);1H. The van der Waals surface area contributed by atoms with Gasteiger partial charge in [0.25, 0.3) is 0 Å². The van der Waals surface area contributed by atoms with Crippen molar-refractivity contribution < 1.29 is 14.7 Å². The number of carbonyl (C=O) groups excluding carboxylic acids is 1. The van der Waals surface area contributed by atoms with Crippen molar-refractivity contribution >= 4 is 35.8 Å². The van der Waals surface area contributed by atoms with Gasteiger partial charge in [-0.2, -0.15) is 0 Å².